The van der Waals surface area contributed by atoms with Gasteiger partial charge in [0.1, 0.15) is 5.75 Å². The summed E-state index contributed by atoms with van der Waals surface area (Å²) in [6, 6.07) is 7.14. The van der Waals surface area contributed by atoms with E-state index in [1.807, 2.05) is 19.1 Å². The van der Waals surface area contributed by atoms with Crippen LogP contribution in [0.15, 0.2) is 39.7 Å². The van der Waals surface area contributed by atoms with E-state index in [1.54, 1.807) is 12.1 Å². The van der Waals surface area contributed by atoms with E-state index in [4.69, 9.17) is 9.15 Å². The molecule has 0 aliphatic carbocycles. The van der Waals surface area contributed by atoms with Gasteiger partial charge < -0.3 is 9.15 Å². The van der Waals surface area contributed by atoms with Gasteiger partial charge in [-0.15, -0.1) is 0 Å². The molecule has 1 heterocycles. The Balaban J connectivity index is 2.64. The molecule has 0 unspecified atom stereocenters. The zero-order valence-electron chi connectivity index (χ0n) is 7.82. The lowest BCUT2D eigenvalue weighted by atomic mass is 10.2. The van der Waals surface area contributed by atoms with Gasteiger partial charge in [-0.2, -0.15) is 0 Å². The fourth-order valence-electron chi connectivity index (χ4n) is 1.35. The first-order valence-corrected chi connectivity index (χ1v) is 4.45. The molecule has 0 N–H and O–H groups in total. The Morgan fingerprint density at radius 1 is 1.36 bits per heavy atom. The Kier molecular flexibility index (Phi) is 2.23. The van der Waals surface area contributed by atoms with Crippen LogP contribution in [-0.2, 0) is 0 Å². The zero-order chi connectivity index (χ0) is 9.97. The minimum Gasteiger partial charge on any atom is -0.494 e. The Morgan fingerprint density at radius 2 is 2.21 bits per heavy atom. The van der Waals surface area contributed by atoms with E-state index in [0.717, 1.165) is 5.39 Å². The zero-order valence-corrected chi connectivity index (χ0v) is 7.82. The smallest absolute Gasteiger partial charge is 0.343 e. The summed E-state index contributed by atoms with van der Waals surface area (Å²) in [6.07, 6.45) is 1.39. The maximum absolute atomic E-state index is 11.3. The Hall–Kier alpha value is -1.77. The first-order valence-electron chi connectivity index (χ1n) is 4.45. The van der Waals surface area contributed by atoms with Crippen molar-refractivity contribution in [3.8, 4) is 5.75 Å². The van der Waals surface area contributed by atoms with Gasteiger partial charge in [0.25, 0.3) is 0 Å². The molecular formula is C11H10O3. The van der Waals surface area contributed by atoms with Crippen molar-refractivity contribution in [3.05, 3.63) is 40.9 Å². The van der Waals surface area contributed by atoms with Gasteiger partial charge >= 0.3 is 5.63 Å². The molecule has 14 heavy (non-hydrogen) atoms. The second kappa shape index (κ2) is 3.54. The summed E-state index contributed by atoms with van der Waals surface area (Å²) >= 11 is 0. The molecule has 0 saturated carbocycles. The first-order chi connectivity index (χ1) is 6.81. The second-order valence-electron chi connectivity index (χ2n) is 2.89. The number of ether oxygens (including phenoxy) is 1. The summed E-state index contributed by atoms with van der Waals surface area (Å²) in [5.41, 5.74) is -0.330. The molecule has 72 valence electrons. The number of hydrogen-bond acceptors (Lipinski definition) is 3. The highest BCUT2D eigenvalue weighted by atomic mass is 16.5. The predicted octanol–water partition coefficient (Wildman–Crippen LogP) is 2.19. The van der Waals surface area contributed by atoms with Crippen molar-refractivity contribution in [2.24, 2.45) is 0 Å². The minimum absolute atomic E-state index is 0.330. The maximum Gasteiger partial charge on any atom is 0.343 e. The largest absolute Gasteiger partial charge is 0.494 e. The standard InChI is InChI=1S/C11H10O3/c1-2-13-9-4-3-8-5-6-14-11(12)10(8)7-9/h3-7H,2H2,1H3. The Morgan fingerprint density at radius 3 is 3.00 bits per heavy atom. The van der Waals surface area contributed by atoms with E-state index in [9.17, 15) is 4.79 Å². The minimum atomic E-state index is -0.330. The molecule has 3 heteroatoms. The van der Waals surface area contributed by atoms with Crippen molar-refractivity contribution in [3.63, 3.8) is 0 Å². The van der Waals surface area contributed by atoms with E-state index in [-0.39, 0.29) is 5.63 Å². The summed E-state index contributed by atoms with van der Waals surface area (Å²) in [5.74, 6) is 0.693. The third kappa shape index (κ3) is 1.48. The van der Waals surface area contributed by atoms with Crippen molar-refractivity contribution < 1.29 is 9.15 Å². The van der Waals surface area contributed by atoms with Crippen molar-refractivity contribution in [2.45, 2.75) is 6.92 Å². The summed E-state index contributed by atoms with van der Waals surface area (Å²) < 4.78 is 10.1. The average Bonchev–Trinajstić information content (AvgIpc) is 2.20. The number of hydrogen-bond donors (Lipinski definition) is 0. The van der Waals surface area contributed by atoms with Crippen LogP contribution >= 0.6 is 0 Å². The Bertz CT molecular complexity index is 499. The molecule has 0 spiro atoms. The van der Waals surface area contributed by atoms with Crippen LogP contribution in [-0.4, -0.2) is 6.61 Å². The molecule has 0 fully saturated rings. The first kappa shape index (κ1) is 8.81. The molecule has 2 rings (SSSR count). The molecule has 1 aromatic heterocycles. The molecule has 3 nitrogen and oxygen atoms in total. The summed E-state index contributed by atoms with van der Waals surface area (Å²) in [4.78, 5) is 11.3. The van der Waals surface area contributed by atoms with Gasteiger partial charge in [0, 0.05) is 0 Å². The molecule has 0 aliphatic heterocycles. The molecule has 0 radical (unpaired) electrons. The quantitative estimate of drug-likeness (QED) is 0.728. The van der Waals surface area contributed by atoms with Crippen LogP contribution in [0.5, 0.6) is 5.75 Å². The van der Waals surface area contributed by atoms with Crippen LogP contribution in [0.2, 0.25) is 0 Å². The lowest BCUT2D eigenvalue weighted by Gasteiger charge is -2.02. The van der Waals surface area contributed by atoms with E-state index in [2.05, 4.69) is 0 Å². The monoisotopic (exact) mass is 190 g/mol. The van der Waals surface area contributed by atoms with Gasteiger partial charge in [0.15, 0.2) is 0 Å². The average molecular weight is 190 g/mol. The third-order valence-corrected chi connectivity index (χ3v) is 1.98. The molecule has 1 aromatic carbocycles. The van der Waals surface area contributed by atoms with Gasteiger partial charge in [0.05, 0.1) is 18.3 Å². The maximum atomic E-state index is 11.3. The number of fused-ring (bicyclic) bond motifs is 1. The van der Waals surface area contributed by atoms with Gasteiger partial charge in [-0.3, -0.25) is 0 Å². The van der Waals surface area contributed by atoms with Crippen LogP contribution in [0.25, 0.3) is 10.8 Å². The fourth-order valence-corrected chi connectivity index (χ4v) is 1.35. The highest BCUT2D eigenvalue weighted by Gasteiger charge is 2.00. The molecule has 0 aliphatic rings. The van der Waals surface area contributed by atoms with Gasteiger partial charge in [-0.25, -0.2) is 4.79 Å². The highest BCUT2D eigenvalue weighted by Crippen LogP contribution is 2.17. The molecule has 0 atom stereocenters. The van der Waals surface area contributed by atoms with Gasteiger partial charge in [-0.1, -0.05) is 6.07 Å². The molecule has 0 bridgehead atoms. The van der Waals surface area contributed by atoms with Crippen LogP contribution < -0.4 is 10.4 Å². The topological polar surface area (TPSA) is 39.4 Å². The Labute approximate surface area is 80.9 Å². The van der Waals surface area contributed by atoms with E-state index in [0.29, 0.717) is 17.7 Å². The van der Waals surface area contributed by atoms with Gasteiger partial charge in [0.2, 0.25) is 0 Å². The van der Waals surface area contributed by atoms with E-state index >= 15 is 0 Å². The summed E-state index contributed by atoms with van der Waals surface area (Å²) in [6.45, 7) is 2.49. The number of rotatable bonds is 2. The van der Waals surface area contributed by atoms with E-state index < -0.39 is 0 Å². The van der Waals surface area contributed by atoms with Crippen molar-refractivity contribution in [2.75, 3.05) is 6.61 Å². The molecule has 2 aromatic rings. The third-order valence-electron chi connectivity index (χ3n) is 1.98. The highest BCUT2D eigenvalue weighted by molar-refractivity contribution is 5.82. The van der Waals surface area contributed by atoms with Crippen LogP contribution in [0.4, 0.5) is 0 Å². The van der Waals surface area contributed by atoms with Crippen molar-refractivity contribution in [1.29, 1.82) is 0 Å². The SMILES string of the molecule is CCOc1ccc2ccoc(=O)c2c1. The fraction of sp³-hybridized carbons (Fsp3) is 0.182. The second-order valence-corrected chi connectivity index (χ2v) is 2.89. The van der Waals surface area contributed by atoms with Gasteiger partial charge in [-0.05, 0) is 30.5 Å². The molecule has 0 amide bonds. The predicted molar refractivity (Wildman–Crippen MR) is 53.7 cm³/mol. The normalized spacial score (nSPS) is 10.4. The van der Waals surface area contributed by atoms with Crippen molar-refractivity contribution >= 4 is 10.8 Å². The molecular weight excluding hydrogens is 180 g/mol. The molecule has 0 saturated heterocycles. The summed E-state index contributed by atoms with van der Waals surface area (Å²) in [7, 11) is 0. The lowest BCUT2D eigenvalue weighted by Crippen LogP contribution is -1.99. The van der Waals surface area contributed by atoms with Crippen molar-refractivity contribution in [1.82, 2.24) is 0 Å². The van der Waals surface area contributed by atoms with Crippen LogP contribution in [0, 0.1) is 0 Å². The summed E-state index contributed by atoms with van der Waals surface area (Å²) in [5, 5.41) is 1.42. The lowest BCUT2D eigenvalue weighted by molar-refractivity contribution is 0.340. The number of benzene rings is 1. The van der Waals surface area contributed by atoms with E-state index in [1.165, 1.54) is 6.26 Å². The van der Waals surface area contributed by atoms with Crippen LogP contribution in [0.3, 0.4) is 0 Å². The van der Waals surface area contributed by atoms with Crippen LogP contribution in [0.1, 0.15) is 6.92 Å².